The molecule has 8 heteroatoms. The van der Waals surface area contributed by atoms with Crippen molar-refractivity contribution in [3.8, 4) is 11.5 Å². The molecule has 4 aromatic carbocycles. The Kier molecular flexibility index (Phi) is 13.1. The van der Waals surface area contributed by atoms with Crippen molar-refractivity contribution in [1.29, 1.82) is 0 Å². The molecule has 5 rings (SSSR count). The Labute approximate surface area is 259 Å². The lowest BCUT2D eigenvalue weighted by Crippen LogP contribution is -2.54. The Bertz CT molecular complexity index is 1190. The number of hydrogen-bond acceptors (Lipinski definition) is 8. The zero-order valence-electron chi connectivity index (χ0n) is 24.8. The van der Waals surface area contributed by atoms with Crippen LogP contribution in [0.15, 0.2) is 121 Å². The van der Waals surface area contributed by atoms with Crippen LogP contribution in [0.2, 0.25) is 0 Å². The quantitative estimate of drug-likeness (QED) is 0.128. The summed E-state index contributed by atoms with van der Waals surface area (Å²) in [7, 11) is 0. The second-order valence-corrected chi connectivity index (χ2v) is 10.0. The van der Waals surface area contributed by atoms with Gasteiger partial charge in [-0.2, -0.15) is 0 Å². The average Bonchev–Trinajstić information content (AvgIpc) is 3.08. The van der Waals surface area contributed by atoms with E-state index in [2.05, 4.69) is 24.3 Å². The minimum Gasteiger partial charge on any atom is -0.491 e. The highest BCUT2D eigenvalue weighted by Crippen LogP contribution is 2.25. The first-order valence-corrected chi connectivity index (χ1v) is 15.0. The molecule has 1 aliphatic rings. The van der Waals surface area contributed by atoms with Gasteiger partial charge in [0.25, 0.3) is 0 Å². The molecule has 4 atom stereocenters. The van der Waals surface area contributed by atoms with Crippen molar-refractivity contribution in [1.82, 2.24) is 0 Å². The molecule has 1 saturated heterocycles. The Hall–Kier alpha value is -3.76. The molecule has 8 nitrogen and oxygen atoms in total. The van der Waals surface area contributed by atoms with E-state index in [0.717, 1.165) is 22.6 Å². The normalized spacial score (nSPS) is 19.8. The molecule has 1 heterocycles. The molecule has 0 saturated carbocycles. The number of rotatable bonds is 18. The maximum atomic E-state index is 6.30. The first-order valence-electron chi connectivity index (χ1n) is 15.0. The van der Waals surface area contributed by atoms with E-state index in [0.29, 0.717) is 39.3 Å². The van der Waals surface area contributed by atoms with Crippen LogP contribution in [0.1, 0.15) is 11.1 Å². The number of benzene rings is 4. The Morgan fingerprint density at radius 2 is 0.682 bits per heavy atom. The van der Waals surface area contributed by atoms with Crippen LogP contribution in [0.25, 0.3) is 0 Å². The Balaban J connectivity index is 1.20. The lowest BCUT2D eigenvalue weighted by molar-refractivity contribution is -0.438. The first-order chi connectivity index (χ1) is 21.8. The molecular weight excluding hydrogens is 560 g/mol. The highest BCUT2D eigenvalue weighted by Gasteiger charge is 2.42. The van der Waals surface area contributed by atoms with E-state index < -0.39 is 25.2 Å². The van der Waals surface area contributed by atoms with Crippen molar-refractivity contribution in [2.75, 3.05) is 39.6 Å². The van der Waals surface area contributed by atoms with Gasteiger partial charge in [-0.25, -0.2) is 0 Å². The summed E-state index contributed by atoms with van der Waals surface area (Å²) in [5.41, 5.74) is 2.33. The van der Waals surface area contributed by atoms with Gasteiger partial charge in [0.15, 0.2) is 0 Å². The molecule has 0 N–H and O–H groups in total. The molecule has 232 valence electrons. The summed E-state index contributed by atoms with van der Waals surface area (Å²) in [6, 6.07) is 39.4. The van der Waals surface area contributed by atoms with Crippen molar-refractivity contribution in [3.05, 3.63) is 132 Å². The summed E-state index contributed by atoms with van der Waals surface area (Å²) in [5, 5.41) is 0. The Morgan fingerprint density at radius 1 is 0.364 bits per heavy atom. The molecule has 0 spiro atoms. The van der Waals surface area contributed by atoms with Gasteiger partial charge in [-0.1, -0.05) is 97.1 Å². The monoisotopic (exact) mass is 600 g/mol. The van der Waals surface area contributed by atoms with Gasteiger partial charge in [0, 0.05) is 0 Å². The predicted octanol–water partition coefficient (Wildman–Crippen LogP) is 6.05. The zero-order valence-corrected chi connectivity index (χ0v) is 24.8. The van der Waals surface area contributed by atoms with Gasteiger partial charge in [0.2, 0.25) is 25.2 Å². The number of para-hydroxylation sites is 2. The fourth-order valence-electron chi connectivity index (χ4n) is 4.55. The number of hydrogen-bond donors (Lipinski definition) is 0. The fraction of sp³-hybridized carbons (Fsp3) is 0.333. The molecule has 0 amide bonds. The molecule has 4 aromatic rings. The molecule has 44 heavy (non-hydrogen) atoms. The molecule has 0 bridgehead atoms. The lowest BCUT2D eigenvalue weighted by Gasteiger charge is -2.40. The summed E-state index contributed by atoms with van der Waals surface area (Å²) < 4.78 is 48.7. The third-order valence-electron chi connectivity index (χ3n) is 6.77. The van der Waals surface area contributed by atoms with Crippen LogP contribution in [-0.2, 0) is 41.3 Å². The fourth-order valence-corrected chi connectivity index (χ4v) is 4.55. The second kappa shape index (κ2) is 18.1. The van der Waals surface area contributed by atoms with Crippen LogP contribution in [0.5, 0.6) is 11.5 Å². The van der Waals surface area contributed by atoms with Crippen LogP contribution in [-0.4, -0.2) is 64.8 Å². The maximum Gasteiger partial charge on any atom is 0.212 e. The largest absolute Gasteiger partial charge is 0.491 e. The third kappa shape index (κ3) is 10.7. The van der Waals surface area contributed by atoms with Crippen LogP contribution >= 0.6 is 0 Å². The van der Waals surface area contributed by atoms with E-state index in [1.807, 2.05) is 97.1 Å². The van der Waals surface area contributed by atoms with Crippen LogP contribution in [0, 0.1) is 0 Å². The Morgan fingerprint density at radius 3 is 1.05 bits per heavy atom. The summed E-state index contributed by atoms with van der Waals surface area (Å²) >= 11 is 0. The summed E-state index contributed by atoms with van der Waals surface area (Å²) in [6.07, 6.45) is -1.97. The molecule has 4 unspecified atom stereocenters. The van der Waals surface area contributed by atoms with Gasteiger partial charge >= 0.3 is 0 Å². The minimum atomic E-state index is -0.873. The second-order valence-electron chi connectivity index (χ2n) is 10.0. The molecule has 0 aromatic heterocycles. The molecule has 0 radical (unpaired) electrons. The highest BCUT2D eigenvalue weighted by atomic mass is 16.9. The smallest absolute Gasteiger partial charge is 0.212 e. The minimum absolute atomic E-state index is 0.250. The van der Waals surface area contributed by atoms with E-state index in [1.165, 1.54) is 0 Å². The van der Waals surface area contributed by atoms with Crippen molar-refractivity contribution in [2.24, 2.45) is 0 Å². The number of ether oxygens (including phenoxy) is 8. The van der Waals surface area contributed by atoms with Gasteiger partial charge in [-0.15, -0.1) is 0 Å². The van der Waals surface area contributed by atoms with E-state index in [4.69, 9.17) is 37.9 Å². The van der Waals surface area contributed by atoms with E-state index in [1.54, 1.807) is 0 Å². The van der Waals surface area contributed by atoms with Gasteiger partial charge in [0.1, 0.15) is 24.7 Å². The summed E-state index contributed by atoms with van der Waals surface area (Å²) in [4.78, 5) is 0. The van der Waals surface area contributed by atoms with Crippen molar-refractivity contribution >= 4 is 0 Å². The third-order valence-corrected chi connectivity index (χ3v) is 6.77. The van der Waals surface area contributed by atoms with Gasteiger partial charge in [-0.05, 0) is 48.2 Å². The SMILES string of the molecule is c1ccc(CCOC2OC(OCCOc3ccccc3)C(OCCOc3ccccc3)OC2OCCc2ccccc2)cc1. The van der Waals surface area contributed by atoms with E-state index >= 15 is 0 Å². The lowest BCUT2D eigenvalue weighted by atomic mass is 10.2. The average molecular weight is 601 g/mol. The molecule has 0 aliphatic carbocycles. The molecule has 1 aliphatic heterocycles. The van der Waals surface area contributed by atoms with Crippen molar-refractivity contribution in [2.45, 2.75) is 38.0 Å². The summed E-state index contributed by atoms with van der Waals surface area (Å²) in [5.74, 6) is 1.52. The van der Waals surface area contributed by atoms with Crippen LogP contribution in [0.4, 0.5) is 0 Å². The highest BCUT2D eigenvalue weighted by molar-refractivity contribution is 5.21. The van der Waals surface area contributed by atoms with Crippen LogP contribution in [0.3, 0.4) is 0 Å². The zero-order chi connectivity index (χ0) is 30.1. The van der Waals surface area contributed by atoms with Gasteiger partial charge < -0.3 is 37.9 Å². The van der Waals surface area contributed by atoms with Gasteiger partial charge in [-0.3, -0.25) is 0 Å². The van der Waals surface area contributed by atoms with E-state index in [-0.39, 0.29) is 13.2 Å². The van der Waals surface area contributed by atoms with E-state index in [9.17, 15) is 0 Å². The molecule has 1 fully saturated rings. The van der Waals surface area contributed by atoms with Crippen LogP contribution < -0.4 is 9.47 Å². The summed E-state index contributed by atoms with van der Waals surface area (Å²) in [6.45, 7) is 1.97. The maximum absolute atomic E-state index is 6.30. The topological polar surface area (TPSA) is 73.8 Å². The van der Waals surface area contributed by atoms with Crippen molar-refractivity contribution < 1.29 is 37.9 Å². The predicted molar refractivity (Wildman–Crippen MR) is 165 cm³/mol. The molecular formula is C36H40O8. The van der Waals surface area contributed by atoms with Crippen molar-refractivity contribution in [3.63, 3.8) is 0 Å². The first kappa shape index (κ1) is 31.7. The van der Waals surface area contributed by atoms with Gasteiger partial charge in [0.05, 0.1) is 26.4 Å². The standard InChI is InChI=1S/C36H40O8/c1-5-13-29(14-6-1)21-23-39-33-34(40-24-22-30-15-7-2-8-16-30)44-36(42-28-26-38-32-19-11-4-12-20-32)35(43-33)41-27-25-37-31-17-9-3-10-18-31/h1-20,33-36H,21-28H2.